The van der Waals surface area contributed by atoms with E-state index in [0.29, 0.717) is 0 Å². The van der Waals surface area contributed by atoms with Crippen LogP contribution in [0.3, 0.4) is 0 Å². The van der Waals surface area contributed by atoms with E-state index in [2.05, 4.69) is 0 Å². The fraction of sp³-hybridized carbons (Fsp3) is 0.211. The standard InChI is InChI=1S/C19H16O7/c1-8-5-13(22)15-10(17(8)24)6-14(23)19(26)16(15)18(25)9-3-2-4-12(21)11(9)7-20/h2-4,6-8,17,21,23-24,26H,5H2,1H3/t8-,17+/m1/s1. The Kier molecular flexibility index (Phi) is 4.25. The topological polar surface area (TPSA) is 132 Å². The molecule has 0 unspecified atom stereocenters. The van der Waals surface area contributed by atoms with E-state index < -0.39 is 46.4 Å². The highest BCUT2D eigenvalue weighted by Gasteiger charge is 2.37. The first kappa shape index (κ1) is 17.6. The number of phenols is 3. The van der Waals surface area contributed by atoms with Gasteiger partial charge in [-0.15, -0.1) is 0 Å². The number of carbonyl (C=O) groups is 3. The van der Waals surface area contributed by atoms with Gasteiger partial charge in [0.2, 0.25) is 0 Å². The average molecular weight is 356 g/mol. The molecular formula is C19H16O7. The van der Waals surface area contributed by atoms with E-state index in [0.717, 1.165) is 6.07 Å². The van der Waals surface area contributed by atoms with Crippen molar-refractivity contribution in [3.05, 3.63) is 52.1 Å². The van der Waals surface area contributed by atoms with Crippen LogP contribution in [-0.2, 0) is 0 Å². The second-order valence-electron chi connectivity index (χ2n) is 6.32. The van der Waals surface area contributed by atoms with Crippen molar-refractivity contribution in [2.45, 2.75) is 19.4 Å². The molecule has 1 aliphatic carbocycles. The lowest BCUT2D eigenvalue weighted by Gasteiger charge is -2.28. The van der Waals surface area contributed by atoms with Crippen LogP contribution < -0.4 is 0 Å². The van der Waals surface area contributed by atoms with Crippen molar-refractivity contribution >= 4 is 17.9 Å². The zero-order valence-electron chi connectivity index (χ0n) is 13.8. The van der Waals surface area contributed by atoms with Gasteiger partial charge in [0.15, 0.2) is 29.4 Å². The Bertz CT molecular complexity index is 945. The Morgan fingerprint density at radius 3 is 2.54 bits per heavy atom. The Morgan fingerprint density at radius 2 is 1.88 bits per heavy atom. The van der Waals surface area contributed by atoms with Crippen molar-refractivity contribution in [1.29, 1.82) is 0 Å². The molecule has 7 heteroatoms. The van der Waals surface area contributed by atoms with Gasteiger partial charge in [-0.3, -0.25) is 14.4 Å². The summed E-state index contributed by atoms with van der Waals surface area (Å²) in [6.45, 7) is 1.65. The molecule has 0 aromatic heterocycles. The molecule has 0 amide bonds. The fourth-order valence-corrected chi connectivity index (χ4v) is 3.26. The lowest BCUT2D eigenvalue weighted by Crippen LogP contribution is -2.26. The highest BCUT2D eigenvalue weighted by molar-refractivity contribution is 6.20. The van der Waals surface area contributed by atoms with Crippen LogP contribution in [0, 0.1) is 5.92 Å². The largest absolute Gasteiger partial charge is 0.507 e. The predicted molar refractivity (Wildman–Crippen MR) is 89.8 cm³/mol. The van der Waals surface area contributed by atoms with E-state index in [9.17, 15) is 34.8 Å². The molecule has 134 valence electrons. The first-order valence-corrected chi connectivity index (χ1v) is 7.89. The maximum atomic E-state index is 13.0. The number of hydrogen-bond acceptors (Lipinski definition) is 7. The number of ketones is 2. The minimum atomic E-state index is -1.10. The number of phenolic OH excluding ortho intramolecular Hbond substituents is 3. The molecular weight excluding hydrogens is 340 g/mol. The van der Waals surface area contributed by atoms with Crippen LogP contribution in [0.1, 0.15) is 61.6 Å². The minimum absolute atomic E-state index is 0.0419. The quantitative estimate of drug-likeness (QED) is 0.376. The van der Waals surface area contributed by atoms with Crippen molar-refractivity contribution in [3.63, 3.8) is 0 Å². The summed E-state index contributed by atoms with van der Waals surface area (Å²) in [6.07, 6.45) is -0.859. The average Bonchev–Trinajstić information content (AvgIpc) is 2.60. The number of rotatable bonds is 3. The van der Waals surface area contributed by atoms with Crippen molar-refractivity contribution in [1.82, 2.24) is 0 Å². The van der Waals surface area contributed by atoms with Gasteiger partial charge >= 0.3 is 0 Å². The number of aldehydes is 1. The fourth-order valence-electron chi connectivity index (χ4n) is 3.26. The maximum absolute atomic E-state index is 13.0. The molecule has 0 heterocycles. The van der Waals surface area contributed by atoms with Crippen molar-refractivity contribution in [3.8, 4) is 17.2 Å². The summed E-state index contributed by atoms with van der Waals surface area (Å²) in [6, 6.07) is 4.87. The van der Waals surface area contributed by atoms with Crippen molar-refractivity contribution in [2.24, 2.45) is 5.92 Å². The van der Waals surface area contributed by atoms with Gasteiger partial charge in [0.05, 0.1) is 17.2 Å². The molecule has 1 aliphatic rings. The smallest absolute Gasteiger partial charge is 0.198 e. The number of fused-ring (bicyclic) bond motifs is 1. The van der Waals surface area contributed by atoms with Crippen LogP contribution >= 0.6 is 0 Å². The van der Waals surface area contributed by atoms with Crippen LogP contribution in [0.15, 0.2) is 24.3 Å². The van der Waals surface area contributed by atoms with Gasteiger partial charge in [-0.1, -0.05) is 19.1 Å². The number of Topliss-reactive ketones (excluding diaryl/α,β-unsaturated/α-hetero) is 1. The zero-order chi connectivity index (χ0) is 19.2. The summed E-state index contributed by atoms with van der Waals surface area (Å²) in [5.41, 5.74) is -1.17. The molecule has 2 atom stereocenters. The number of aromatic hydroxyl groups is 3. The van der Waals surface area contributed by atoms with Crippen LogP contribution in [0.2, 0.25) is 0 Å². The molecule has 3 rings (SSSR count). The van der Waals surface area contributed by atoms with Gasteiger partial charge < -0.3 is 20.4 Å². The number of benzene rings is 2. The first-order chi connectivity index (χ1) is 12.3. The monoisotopic (exact) mass is 356 g/mol. The second kappa shape index (κ2) is 6.27. The highest BCUT2D eigenvalue weighted by Crippen LogP contribution is 2.44. The van der Waals surface area contributed by atoms with Crippen molar-refractivity contribution in [2.75, 3.05) is 0 Å². The number of hydrogen-bond donors (Lipinski definition) is 4. The van der Waals surface area contributed by atoms with Gasteiger partial charge in [-0.05, 0) is 23.6 Å². The third kappa shape index (κ3) is 2.53. The molecule has 2 aromatic carbocycles. The molecule has 0 saturated heterocycles. The molecule has 0 fully saturated rings. The lowest BCUT2D eigenvalue weighted by molar-refractivity contribution is 0.0743. The van der Waals surface area contributed by atoms with E-state index in [-0.39, 0.29) is 35.0 Å². The van der Waals surface area contributed by atoms with E-state index in [1.54, 1.807) is 6.92 Å². The van der Waals surface area contributed by atoms with Crippen LogP contribution in [0.4, 0.5) is 0 Å². The maximum Gasteiger partial charge on any atom is 0.198 e. The van der Waals surface area contributed by atoms with E-state index in [1.807, 2.05) is 0 Å². The Labute approximate surface area is 148 Å². The van der Waals surface area contributed by atoms with Gasteiger partial charge in [0.1, 0.15) is 5.75 Å². The molecule has 0 bridgehead atoms. The van der Waals surface area contributed by atoms with Gasteiger partial charge in [0.25, 0.3) is 0 Å². The Balaban J connectivity index is 2.31. The van der Waals surface area contributed by atoms with Gasteiger partial charge in [-0.25, -0.2) is 0 Å². The number of aliphatic hydroxyl groups excluding tert-OH is 1. The molecule has 0 radical (unpaired) electrons. The van der Waals surface area contributed by atoms with E-state index in [1.165, 1.54) is 18.2 Å². The molecule has 4 N–H and O–H groups in total. The summed E-state index contributed by atoms with van der Waals surface area (Å²) >= 11 is 0. The van der Waals surface area contributed by atoms with E-state index >= 15 is 0 Å². The first-order valence-electron chi connectivity index (χ1n) is 7.89. The molecule has 0 saturated carbocycles. The van der Waals surface area contributed by atoms with Gasteiger partial charge in [0, 0.05) is 17.5 Å². The summed E-state index contributed by atoms with van der Waals surface area (Å²) in [5.74, 6) is -3.72. The molecule has 7 nitrogen and oxygen atoms in total. The van der Waals surface area contributed by atoms with Crippen LogP contribution in [-0.4, -0.2) is 38.3 Å². The molecule has 26 heavy (non-hydrogen) atoms. The Hall–Kier alpha value is -3.19. The summed E-state index contributed by atoms with van der Waals surface area (Å²) in [7, 11) is 0. The summed E-state index contributed by atoms with van der Waals surface area (Å²) in [4.78, 5) is 36.7. The minimum Gasteiger partial charge on any atom is -0.507 e. The Morgan fingerprint density at radius 1 is 1.19 bits per heavy atom. The summed E-state index contributed by atoms with van der Waals surface area (Å²) in [5, 5.41) is 40.3. The van der Waals surface area contributed by atoms with Crippen LogP contribution in [0.25, 0.3) is 0 Å². The summed E-state index contributed by atoms with van der Waals surface area (Å²) < 4.78 is 0. The van der Waals surface area contributed by atoms with Gasteiger partial charge in [-0.2, -0.15) is 0 Å². The third-order valence-corrected chi connectivity index (χ3v) is 4.63. The van der Waals surface area contributed by atoms with E-state index in [4.69, 9.17) is 0 Å². The molecule has 2 aromatic rings. The normalized spacial score (nSPS) is 19.1. The van der Waals surface area contributed by atoms with Crippen molar-refractivity contribution < 1.29 is 34.8 Å². The third-order valence-electron chi connectivity index (χ3n) is 4.63. The van der Waals surface area contributed by atoms with Crippen LogP contribution in [0.5, 0.6) is 17.2 Å². The number of aliphatic hydroxyl groups is 1. The lowest BCUT2D eigenvalue weighted by atomic mass is 9.77. The second-order valence-corrected chi connectivity index (χ2v) is 6.32. The highest BCUT2D eigenvalue weighted by atomic mass is 16.3. The SMILES string of the molecule is C[C@@H]1CC(=O)c2c(cc(O)c(O)c2C(=O)c2cccc(O)c2C=O)[C@H]1O. The molecule has 0 spiro atoms. The predicted octanol–water partition coefficient (Wildman–Crippen LogP) is 2.10. The molecule has 0 aliphatic heterocycles. The zero-order valence-corrected chi connectivity index (χ0v) is 13.8. The number of carbonyl (C=O) groups excluding carboxylic acids is 3.